The summed E-state index contributed by atoms with van der Waals surface area (Å²) in [5, 5.41) is 10.00. The fourth-order valence-electron chi connectivity index (χ4n) is 1.71. The Labute approximate surface area is 117 Å². The van der Waals surface area contributed by atoms with E-state index in [4.69, 9.17) is 0 Å². The highest BCUT2D eigenvalue weighted by atomic mass is 79.9. The Hall–Kier alpha value is -1.40. The number of halogens is 3. The van der Waals surface area contributed by atoms with Gasteiger partial charge in [0.25, 0.3) is 0 Å². The van der Waals surface area contributed by atoms with Crippen molar-refractivity contribution in [2.75, 3.05) is 0 Å². The van der Waals surface area contributed by atoms with E-state index >= 15 is 0 Å². The number of hydrogen-bond acceptors (Lipinski definition) is 3. The Morgan fingerprint density at radius 2 is 2.05 bits per heavy atom. The summed E-state index contributed by atoms with van der Waals surface area (Å²) in [5.41, 5.74) is 0.171. The summed E-state index contributed by atoms with van der Waals surface area (Å²) in [6.45, 7) is 1.68. The number of rotatable bonds is 3. The van der Waals surface area contributed by atoms with Gasteiger partial charge in [0.15, 0.2) is 0 Å². The minimum atomic E-state index is -1.08. The average molecular weight is 329 g/mol. The van der Waals surface area contributed by atoms with E-state index in [1.807, 2.05) is 0 Å². The second-order valence-electron chi connectivity index (χ2n) is 4.07. The van der Waals surface area contributed by atoms with Crippen molar-refractivity contribution in [2.24, 2.45) is 0 Å². The van der Waals surface area contributed by atoms with Gasteiger partial charge in [-0.1, -0.05) is 0 Å². The molecular weight excluding hydrogens is 318 g/mol. The number of aryl methyl sites for hydroxylation is 1. The van der Waals surface area contributed by atoms with E-state index in [1.165, 1.54) is 18.3 Å². The van der Waals surface area contributed by atoms with Crippen LogP contribution in [0.3, 0.4) is 0 Å². The Morgan fingerprint density at radius 3 is 2.74 bits per heavy atom. The molecule has 0 radical (unpaired) electrons. The predicted molar refractivity (Wildman–Crippen MR) is 69.5 cm³/mol. The van der Waals surface area contributed by atoms with Gasteiger partial charge in [-0.15, -0.1) is 0 Å². The monoisotopic (exact) mass is 328 g/mol. The molecule has 1 N–H and O–H groups in total. The summed E-state index contributed by atoms with van der Waals surface area (Å²) in [5.74, 6) is -0.901. The quantitative estimate of drug-likeness (QED) is 0.880. The maximum Gasteiger partial charge on any atom is 0.143 e. The SMILES string of the molecule is Cc1nccc(C(O)Cc2c(F)ccc(Br)c2F)n1. The molecule has 0 aliphatic carbocycles. The molecule has 0 amide bonds. The predicted octanol–water partition coefficient (Wildman–Crippen LogP) is 3.10. The molecule has 1 unspecified atom stereocenters. The van der Waals surface area contributed by atoms with Crippen LogP contribution >= 0.6 is 15.9 Å². The molecule has 0 aliphatic heterocycles. The van der Waals surface area contributed by atoms with Gasteiger partial charge in [-0.25, -0.2) is 18.7 Å². The third kappa shape index (κ3) is 3.13. The van der Waals surface area contributed by atoms with Crippen LogP contribution in [0.25, 0.3) is 0 Å². The molecule has 0 saturated heterocycles. The molecule has 0 fully saturated rings. The first-order valence-corrected chi connectivity index (χ1v) is 6.38. The second-order valence-corrected chi connectivity index (χ2v) is 4.92. The standard InChI is InChI=1S/C13H11BrF2N2O/c1-7-17-5-4-11(18-7)12(19)6-8-10(15)3-2-9(14)13(8)16/h2-5,12,19H,6H2,1H3. The third-order valence-electron chi connectivity index (χ3n) is 2.68. The molecule has 0 aliphatic rings. The van der Waals surface area contributed by atoms with Crippen molar-refractivity contribution >= 4 is 15.9 Å². The molecule has 2 aromatic rings. The van der Waals surface area contributed by atoms with Crippen LogP contribution in [0.5, 0.6) is 0 Å². The zero-order chi connectivity index (χ0) is 14.0. The Bertz CT molecular complexity index is 607. The number of aromatic nitrogens is 2. The lowest BCUT2D eigenvalue weighted by Gasteiger charge is -2.12. The highest BCUT2D eigenvalue weighted by Gasteiger charge is 2.18. The lowest BCUT2D eigenvalue weighted by atomic mass is 10.0. The van der Waals surface area contributed by atoms with Gasteiger partial charge in [-0.2, -0.15) is 0 Å². The zero-order valence-corrected chi connectivity index (χ0v) is 11.7. The number of nitrogens with zero attached hydrogens (tertiary/aromatic N) is 2. The lowest BCUT2D eigenvalue weighted by Crippen LogP contribution is -2.08. The molecule has 1 atom stereocenters. The minimum absolute atomic E-state index is 0.162. The smallest absolute Gasteiger partial charge is 0.143 e. The Kier molecular flexibility index (Phi) is 4.21. The summed E-state index contributed by atoms with van der Waals surface area (Å²) in [6.07, 6.45) is 0.224. The first kappa shape index (κ1) is 14.0. The molecule has 0 bridgehead atoms. The van der Waals surface area contributed by atoms with Crippen LogP contribution in [-0.4, -0.2) is 15.1 Å². The first-order chi connectivity index (χ1) is 8.99. The maximum absolute atomic E-state index is 13.8. The molecule has 1 aromatic carbocycles. The van der Waals surface area contributed by atoms with Gasteiger partial charge < -0.3 is 5.11 Å². The molecule has 6 heteroatoms. The highest BCUT2D eigenvalue weighted by Crippen LogP contribution is 2.25. The fourth-order valence-corrected chi connectivity index (χ4v) is 2.09. The largest absolute Gasteiger partial charge is 0.386 e. The number of aliphatic hydroxyl groups is 1. The van der Waals surface area contributed by atoms with Crippen molar-refractivity contribution in [3.05, 3.63) is 57.6 Å². The van der Waals surface area contributed by atoms with E-state index in [1.54, 1.807) is 6.92 Å². The molecule has 2 rings (SSSR count). The molecule has 1 heterocycles. The van der Waals surface area contributed by atoms with Gasteiger partial charge in [0.2, 0.25) is 0 Å². The first-order valence-electron chi connectivity index (χ1n) is 5.59. The van der Waals surface area contributed by atoms with Gasteiger partial charge in [0, 0.05) is 18.2 Å². The van der Waals surface area contributed by atoms with E-state index in [2.05, 4.69) is 25.9 Å². The van der Waals surface area contributed by atoms with Crippen molar-refractivity contribution in [1.29, 1.82) is 0 Å². The van der Waals surface area contributed by atoms with Crippen LogP contribution in [-0.2, 0) is 6.42 Å². The van der Waals surface area contributed by atoms with E-state index in [0.29, 0.717) is 11.5 Å². The van der Waals surface area contributed by atoms with Gasteiger partial charge in [-0.05, 0) is 41.1 Å². The normalized spacial score (nSPS) is 12.5. The summed E-state index contributed by atoms with van der Waals surface area (Å²) in [6, 6.07) is 3.96. The number of hydrogen-bond donors (Lipinski definition) is 1. The molecule has 3 nitrogen and oxygen atoms in total. The van der Waals surface area contributed by atoms with Crippen molar-refractivity contribution < 1.29 is 13.9 Å². The zero-order valence-electron chi connectivity index (χ0n) is 10.1. The lowest BCUT2D eigenvalue weighted by molar-refractivity contribution is 0.170. The van der Waals surface area contributed by atoms with Crippen LogP contribution in [0.4, 0.5) is 8.78 Å². The maximum atomic E-state index is 13.8. The summed E-state index contributed by atoms with van der Waals surface area (Å²) in [4.78, 5) is 7.93. The van der Waals surface area contributed by atoms with Gasteiger partial charge in [-0.3, -0.25) is 0 Å². The van der Waals surface area contributed by atoms with Crippen LogP contribution in [0, 0.1) is 18.6 Å². The molecule has 100 valence electrons. The van der Waals surface area contributed by atoms with E-state index in [0.717, 1.165) is 6.07 Å². The molecule has 1 aromatic heterocycles. The van der Waals surface area contributed by atoms with Crippen molar-refractivity contribution in [3.63, 3.8) is 0 Å². The van der Waals surface area contributed by atoms with E-state index in [-0.39, 0.29) is 16.5 Å². The van der Waals surface area contributed by atoms with Crippen molar-refractivity contribution in [3.8, 4) is 0 Å². The second kappa shape index (κ2) is 5.71. The van der Waals surface area contributed by atoms with Crippen LogP contribution in [0.15, 0.2) is 28.9 Å². The van der Waals surface area contributed by atoms with Gasteiger partial charge in [0.05, 0.1) is 10.2 Å². The number of aliphatic hydroxyl groups excluding tert-OH is 1. The molecule has 19 heavy (non-hydrogen) atoms. The molecule has 0 spiro atoms. The summed E-state index contributed by atoms with van der Waals surface area (Å²) < 4.78 is 27.5. The summed E-state index contributed by atoms with van der Waals surface area (Å²) in [7, 11) is 0. The minimum Gasteiger partial charge on any atom is -0.386 e. The third-order valence-corrected chi connectivity index (χ3v) is 3.29. The highest BCUT2D eigenvalue weighted by molar-refractivity contribution is 9.10. The number of benzene rings is 1. The van der Waals surface area contributed by atoms with Crippen molar-refractivity contribution in [2.45, 2.75) is 19.4 Å². The Morgan fingerprint density at radius 1 is 1.32 bits per heavy atom. The van der Waals surface area contributed by atoms with Crippen molar-refractivity contribution in [1.82, 2.24) is 9.97 Å². The fraction of sp³-hybridized carbons (Fsp3) is 0.231. The molecular formula is C13H11BrF2N2O. The van der Waals surface area contributed by atoms with Crippen LogP contribution in [0.1, 0.15) is 23.2 Å². The van der Waals surface area contributed by atoms with E-state index in [9.17, 15) is 13.9 Å². The molecule has 0 saturated carbocycles. The van der Waals surface area contributed by atoms with E-state index < -0.39 is 17.7 Å². The summed E-state index contributed by atoms with van der Waals surface area (Å²) >= 11 is 2.99. The Balaban J connectivity index is 2.29. The van der Waals surface area contributed by atoms with Gasteiger partial charge >= 0.3 is 0 Å². The average Bonchev–Trinajstić information content (AvgIpc) is 2.39. The van der Waals surface area contributed by atoms with Gasteiger partial charge in [0.1, 0.15) is 23.6 Å². The topological polar surface area (TPSA) is 46.0 Å². The van der Waals surface area contributed by atoms with Crippen LogP contribution < -0.4 is 0 Å². The van der Waals surface area contributed by atoms with Crippen LogP contribution in [0.2, 0.25) is 0 Å².